The fourth-order valence-corrected chi connectivity index (χ4v) is 5.55. The zero-order chi connectivity index (χ0) is 25.5. The summed E-state index contributed by atoms with van der Waals surface area (Å²) >= 11 is 7.01. The van der Waals surface area contributed by atoms with Crippen LogP contribution in [0.25, 0.3) is 23.0 Å². The van der Waals surface area contributed by atoms with Crippen molar-refractivity contribution in [3.05, 3.63) is 71.3 Å². The molecule has 1 aliphatic heterocycles. The lowest BCUT2D eigenvalue weighted by Gasteiger charge is -2.21. The van der Waals surface area contributed by atoms with Crippen molar-refractivity contribution >= 4 is 40.3 Å². The van der Waals surface area contributed by atoms with Crippen LogP contribution in [-0.2, 0) is 4.79 Å². The minimum absolute atomic E-state index is 0.00921. The molecule has 0 spiro atoms. The third kappa shape index (κ3) is 6.08. The van der Waals surface area contributed by atoms with Gasteiger partial charge in [-0.05, 0) is 61.7 Å². The Bertz CT molecular complexity index is 1220. The predicted molar refractivity (Wildman–Crippen MR) is 153 cm³/mol. The molecule has 188 valence electrons. The summed E-state index contributed by atoms with van der Waals surface area (Å²) in [6, 6.07) is 17.9. The first-order chi connectivity index (χ1) is 17.5. The first-order valence-corrected chi connectivity index (χ1v) is 13.9. The molecule has 1 aliphatic rings. The van der Waals surface area contributed by atoms with E-state index in [-0.39, 0.29) is 5.91 Å². The summed E-state index contributed by atoms with van der Waals surface area (Å²) < 4.78 is 8.10. The summed E-state index contributed by atoms with van der Waals surface area (Å²) in [5.74, 6) is 1.27. The average Bonchev–Trinajstić information content (AvgIpc) is 3.44. The van der Waals surface area contributed by atoms with Crippen LogP contribution >= 0.6 is 24.0 Å². The summed E-state index contributed by atoms with van der Waals surface area (Å²) in [5.41, 5.74) is 3.60. The molecule has 0 unspecified atom stereocenters. The molecular formula is C29H33N3O2S2. The highest BCUT2D eigenvalue weighted by molar-refractivity contribution is 8.26. The van der Waals surface area contributed by atoms with E-state index in [1.54, 1.807) is 4.90 Å². The third-order valence-electron chi connectivity index (χ3n) is 6.35. The Morgan fingerprint density at radius 2 is 1.83 bits per heavy atom. The molecule has 0 saturated carbocycles. The Balaban J connectivity index is 1.67. The van der Waals surface area contributed by atoms with Gasteiger partial charge in [0.05, 0.1) is 22.9 Å². The SMILES string of the molecule is CCCC[C@H](CC)CN1C(=O)/C(=C/c2cn(-c3ccccc3)nc2-c2ccc(OCC)cc2)SC1=S. The normalized spacial score (nSPS) is 15.6. The number of amides is 1. The van der Waals surface area contributed by atoms with Crippen LogP contribution in [0, 0.1) is 5.92 Å². The van der Waals surface area contributed by atoms with Crippen LogP contribution in [0.3, 0.4) is 0 Å². The van der Waals surface area contributed by atoms with Crippen molar-refractivity contribution in [1.82, 2.24) is 14.7 Å². The lowest BCUT2D eigenvalue weighted by atomic mass is 9.99. The Morgan fingerprint density at radius 1 is 1.08 bits per heavy atom. The molecule has 0 bridgehead atoms. The van der Waals surface area contributed by atoms with Crippen LogP contribution in [0.5, 0.6) is 5.75 Å². The lowest BCUT2D eigenvalue weighted by Crippen LogP contribution is -2.33. The number of thiocarbonyl (C=S) groups is 1. The third-order valence-corrected chi connectivity index (χ3v) is 7.72. The summed E-state index contributed by atoms with van der Waals surface area (Å²) in [7, 11) is 0. The summed E-state index contributed by atoms with van der Waals surface area (Å²) in [4.78, 5) is 15.8. The van der Waals surface area contributed by atoms with Gasteiger partial charge in [0, 0.05) is 23.9 Å². The van der Waals surface area contributed by atoms with E-state index in [2.05, 4.69) is 13.8 Å². The van der Waals surface area contributed by atoms with Crippen molar-refractivity contribution < 1.29 is 9.53 Å². The molecule has 0 radical (unpaired) electrons. The Morgan fingerprint density at radius 3 is 2.50 bits per heavy atom. The second kappa shape index (κ2) is 12.4. The number of hydrogen-bond donors (Lipinski definition) is 0. The van der Waals surface area contributed by atoms with E-state index in [4.69, 9.17) is 22.1 Å². The van der Waals surface area contributed by atoms with Crippen molar-refractivity contribution in [1.29, 1.82) is 0 Å². The smallest absolute Gasteiger partial charge is 0.266 e. The van der Waals surface area contributed by atoms with E-state index >= 15 is 0 Å². The van der Waals surface area contributed by atoms with Gasteiger partial charge in [0.1, 0.15) is 10.1 Å². The summed E-state index contributed by atoms with van der Waals surface area (Å²) in [6.45, 7) is 7.66. The largest absolute Gasteiger partial charge is 0.494 e. The van der Waals surface area contributed by atoms with Crippen LogP contribution in [0.1, 0.15) is 52.0 Å². The topological polar surface area (TPSA) is 47.4 Å². The molecular weight excluding hydrogens is 486 g/mol. The van der Waals surface area contributed by atoms with Gasteiger partial charge in [0.15, 0.2) is 0 Å². The highest BCUT2D eigenvalue weighted by Crippen LogP contribution is 2.36. The van der Waals surface area contributed by atoms with Crippen molar-refractivity contribution in [3.8, 4) is 22.7 Å². The number of ether oxygens (including phenoxy) is 1. The van der Waals surface area contributed by atoms with Gasteiger partial charge in [-0.1, -0.05) is 75.3 Å². The number of nitrogens with zero attached hydrogens (tertiary/aromatic N) is 3. The molecule has 5 nitrogen and oxygen atoms in total. The zero-order valence-corrected chi connectivity index (χ0v) is 22.8. The van der Waals surface area contributed by atoms with Gasteiger partial charge in [-0.25, -0.2) is 4.68 Å². The van der Waals surface area contributed by atoms with Gasteiger partial charge in [-0.15, -0.1) is 0 Å². The molecule has 7 heteroatoms. The number of benzene rings is 2. The monoisotopic (exact) mass is 519 g/mol. The molecule has 1 amide bonds. The summed E-state index contributed by atoms with van der Waals surface area (Å²) in [6.07, 6.45) is 8.41. The molecule has 1 atom stereocenters. The second-order valence-corrected chi connectivity index (χ2v) is 10.6. The van der Waals surface area contributed by atoms with Crippen LogP contribution in [-0.4, -0.2) is 38.1 Å². The Labute approximate surface area is 223 Å². The number of thioether (sulfide) groups is 1. The molecule has 4 rings (SSSR count). The standard InChI is InChI=1S/C29H33N3O2S2/c1-4-7-11-21(5-2)19-31-28(33)26(36-29(31)35)18-23-20-32(24-12-9-8-10-13-24)30-27(23)22-14-16-25(17-15-22)34-6-3/h8-10,12-18,20-21H,4-7,11,19H2,1-3H3/b26-18-/t21-/m0/s1. The van der Waals surface area contributed by atoms with Crippen LogP contribution in [0.4, 0.5) is 0 Å². The number of hydrogen-bond acceptors (Lipinski definition) is 5. The first-order valence-electron chi connectivity index (χ1n) is 12.7. The van der Waals surface area contributed by atoms with Crippen molar-refractivity contribution in [2.45, 2.75) is 46.5 Å². The molecule has 2 aromatic carbocycles. The number of rotatable bonds is 11. The minimum atomic E-state index is -0.00921. The summed E-state index contributed by atoms with van der Waals surface area (Å²) in [5, 5.41) is 4.89. The molecule has 0 aliphatic carbocycles. The van der Waals surface area contributed by atoms with E-state index in [9.17, 15) is 4.79 Å². The Hall–Kier alpha value is -2.90. The van der Waals surface area contributed by atoms with E-state index in [0.717, 1.165) is 47.5 Å². The van der Waals surface area contributed by atoms with Crippen LogP contribution < -0.4 is 4.74 Å². The molecule has 1 aromatic heterocycles. The highest BCUT2D eigenvalue weighted by atomic mass is 32.2. The number of aromatic nitrogens is 2. The van der Waals surface area contributed by atoms with Crippen molar-refractivity contribution in [2.75, 3.05) is 13.2 Å². The minimum Gasteiger partial charge on any atom is -0.494 e. The van der Waals surface area contributed by atoms with E-state index in [0.29, 0.717) is 28.3 Å². The molecule has 2 heterocycles. The van der Waals surface area contributed by atoms with Crippen molar-refractivity contribution in [3.63, 3.8) is 0 Å². The number of para-hydroxylation sites is 1. The number of carbonyl (C=O) groups excluding carboxylic acids is 1. The average molecular weight is 520 g/mol. The second-order valence-electron chi connectivity index (χ2n) is 8.88. The van der Waals surface area contributed by atoms with Crippen LogP contribution in [0.2, 0.25) is 0 Å². The number of carbonyl (C=O) groups is 1. The molecule has 1 fully saturated rings. The first kappa shape index (κ1) is 26.2. The highest BCUT2D eigenvalue weighted by Gasteiger charge is 2.33. The van der Waals surface area contributed by atoms with Gasteiger partial charge >= 0.3 is 0 Å². The molecule has 0 N–H and O–H groups in total. The van der Waals surface area contributed by atoms with Gasteiger partial charge in [0.25, 0.3) is 5.91 Å². The fourth-order valence-electron chi connectivity index (χ4n) is 4.28. The zero-order valence-electron chi connectivity index (χ0n) is 21.1. The van der Waals surface area contributed by atoms with Crippen LogP contribution in [0.15, 0.2) is 65.7 Å². The van der Waals surface area contributed by atoms with Gasteiger partial charge in [0.2, 0.25) is 0 Å². The fraction of sp³-hybridized carbons (Fsp3) is 0.345. The van der Waals surface area contributed by atoms with Gasteiger partial charge in [-0.2, -0.15) is 5.10 Å². The number of unbranched alkanes of at least 4 members (excludes halogenated alkanes) is 1. The maximum Gasteiger partial charge on any atom is 0.266 e. The lowest BCUT2D eigenvalue weighted by molar-refractivity contribution is -0.122. The molecule has 36 heavy (non-hydrogen) atoms. The van der Waals surface area contributed by atoms with E-state index in [1.807, 2.05) is 78.5 Å². The maximum atomic E-state index is 13.4. The quantitative estimate of drug-likeness (QED) is 0.196. The molecule has 3 aromatic rings. The Kier molecular flexibility index (Phi) is 8.99. The van der Waals surface area contributed by atoms with Gasteiger partial charge < -0.3 is 4.74 Å². The molecule has 1 saturated heterocycles. The predicted octanol–water partition coefficient (Wildman–Crippen LogP) is 7.36. The van der Waals surface area contributed by atoms with Crippen molar-refractivity contribution in [2.24, 2.45) is 5.92 Å². The van der Waals surface area contributed by atoms with E-state index in [1.165, 1.54) is 18.2 Å². The maximum absolute atomic E-state index is 13.4. The van der Waals surface area contributed by atoms with Gasteiger partial charge in [-0.3, -0.25) is 9.69 Å². The van der Waals surface area contributed by atoms with E-state index < -0.39 is 0 Å².